The molecule has 118 valence electrons. The molecule has 0 unspecified atom stereocenters. The Balaban J connectivity index is 2.17. The average Bonchev–Trinajstić information content (AvgIpc) is 2.92. The molecular weight excluding hydrogens is 326 g/mol. The van der Waals surface area contributed by atoms with Gasteiger partial charge in [-0.3, -0.25) is 4.98 Å². The number of rotatable bonds is 4. The van der Waals surface area contributed by atoms with E-state index in [-0.39, 0.29) is 5.57 Å². The van der Waals surface area contributed by atoms with E-state index in [9.17, 15) is 4.79 Å². The molecule has 0 bridgehead atoms. The standard InChI is InChI=1S/C18H12ClN3O2/c19-15-5-3-6-16-17(15)13(8-12(9-20)18(23)24)10-22(16)11-14-4-1-2-7-21-14/h1-8,10H,11H2,(H,23,24)/b12-8+. The third kappa shape index (κ3) is 3.00. The molecule has 0 spiro atoms. The molecule has 0 saturated heterocycles. The van der Waals surface area contributed by atoms with Gasteiger partial charge >= 0.3 is 5.97 Å². The first kappa shape index (κ1) is 15.8. The Hall–Kier alpha value is -3.10. The molecule has 0 saturated carbocycles. The van der Waals surface area contributed by atoms with Gasteiger partial charge in [-0.1, -0.05) is 23.7 Å². The third-order valence-corrected chi connectivity index (χ3v) is 3.91. The van der Waals surface area contributed by atoms with E-state index in [0.717, 1.165) is 11.2 Å². The molecule has 3 aromatic rings. The molecule has 2 heterocycles. The molecule has 0 aliphatic carbocycles. The number of nitriles is 1. The van der Waals surface area contributed by atoms with Crippen LogP contribution in [0.5, 0.6) is 0 Å². The minimum Gasteiger partial charge on any atom is -0.477 e. The second-order valence-corrected chi connectivity index (χ2v) is 5.55. The van der Waals surface area contributed by atoms with Crippen LogP contribution >= 0.6 is 11.6 Å². The fraction of sp³-hybridized carbons (Fsp3) is 0.0556. The van der Waals surface area contributed by atoms with Crippen molar-refractivity contribution < 1.29 is 9.90 Å². The number of carboxylic acid groups (broad SMARTS) is 1. The van der Waals surface area contributed by atoms with E-state index >= 15 is 0 Å². The van der Waals surface area contributed by atoms with E-state index in [2.05, 4.69) is 4.98 Å². The van der Waals surface area contributed by atoms with Crippen LogP contribution < -0.4 is 0 Å². The lowest BCUT2D eigenvalue weighted by molar-refractivity contribution is -0.132. The molecule has 0 amide bonds. The normalized spacial score (nSPS) is 11.4. The van der Waals surface area contributed by atoms with E-state index < -0.39 is 5.97 Å². The van der Waals surface area contributed by atoms with Gasteiger partial charge in [-0.05, 0) is 30.3 Å². The van der Waals surface area contributed by atoms with Crippen LogP contribution in [0.4, 0.5) is 0 Å². The molecule has 0 radical (unpaired) electrons. The fourth-order valence-electron chi connectivity index (χ4n) is 2.54. The highest BCUT2D eigenvalue weighted by Gasteiger charge is 2.14. The Bertz CT molecular complexity index is 985. The van der Waals surface area contributed by atoms with Crippen LogP contribution in [0.2, 0.25) is 5.02 Å². The molecule has 6 heteroatoms. The molecule has 0 fully saturated rings. The van der Waals surface area contributed by atoms with Crippen molar-refractivity contribution in [1.29, 1.82) is 5.26 Å². The van der Waals surface area contributed by atoms with Gasteiger partial charge < -0.3 is 9.67 Å². The summed E-state index contributed by atoms with van der Waals surface area (Å²) in [6.07, 6.45) is 4.84. The first-order chi connectivity index (χ1) is 11.6. The number of halogens is 1. The van der Waals surface area contributed by atoms with Gasteiger partial charge in [0.15, 0.2) is 0 Å². The molecule has 0 atom stereocenters. The number of pyridine rings is 1. The van der Waals surface area contributed by atoms with Crippen molar-refractivity contribution >= 4 is 34.5 Å². The molecule has 5 nitrogen and oxygen atoms in total. The Kier molecular flexibility index (Phi) is 4.32. The summed E-state index contributed by atoms with van der Waals surface area (Å²) in [4.78, 5) is 15.4. The number of aromatic nitrogens is 2. The van der Waals surface area contributed by atoms with E-state index in [1.54, 1.807) is 24.5 Å². The summed E-state index contributed by atoms with van der Waals surface area (Å²) >= 11 is 6.30. The first-order valence-corrected chi connectivity index (χ1v) is 7.50. The van der Waals surface area contributed by atoms with Crippen LogP contribution in [-0.2, 0) is 11.3 Å². The SMILES string of the molecule is N#C/C(=C\c1cn(Cc2ccccn2)c2cccc(Cl)c12)C(=O)O. The van der Waals surface area contributed by atoms with Gasteiger partial charge in [-0.25, -0.2) is 4.79 Å². The van der Waals surface area contributed by atoms with Crippen LogP contribution in [0, 0.1) is 11.3 Å². The number of hydrogen-bond donors (Lipinski definition) is 1. The topological polar surface area (TPSA) is 78.9 Å². The van der Waals surface area contributed by atoms with Gasteiger partial charge in [0.2, 0.25) is 0 Å². The maximum Gasteiger partial charge on any atom is 0.346 e. The maximum atomic E-state index is 11.1. The largest absolute Gasteiger partial charge is 0.477 e. The lowest BCUT2D eigenvalue weighted by Gasteiger charge is -2.04. The highest BCUT2D eigenvalue weighted by Crippen LogP contribution is 2.30. The van der Waals surface area contributed by atoms with Crippen molar-refractivity contribution in [2.45, 2.75) is 6.54 Å². The molecule has 0 aliphatic rings. The van der Waals surface area contributed by atoms with Crippen LogP contribution in [0.15, 0.2) is 54.4 Å². The van der Waals surface area contributed by atoms with Gasteiger partial charge in [-0.15, -0.1) is 0 Å². The second kappa shape index (κ2) is 6.57. The Labute approximate surface area is 143 Å². The third-order valence-electron chi connectivity index (χ3n) is 3.59. The number of fused-ring (bicyclic) bond motifs is 1. The van der Waals surface area contributed by atoms with Crippen molar-refractivity contribution in [3.8, 4) is 6.07 Å². The summed E-state index contributed by atoms with van der Waals surface area (Å²) in [5.41, 5.74) is 1.96. The van der Waals surface area contributed by atoms with Gasteiger partial charge in [0.05, 0.1) is 22.8 Å². The number of aliphatic carboxylic acids is 1. The lowest BCUT2D eigenvalue weighted by atomic mass is 10.1. The molecule has 0 aliphatic heterocycles. The number of nitrogens with zero attached hydrogens (tertiary/aromatic N) is 3. The number of benzene rings is 1. The zero-order valence-electron chi connectivity index (χ0n) is 12.5. The van der Waals surface area contributed by atoms with E-state index in [4.69, 9.17) is 22.0 Å². The minimum absolute atomic E-state index is 0.341. The molecule has 1 aromatic carbocycles. The van der Waals surface area contributed by atoms with Crippen LogP contribution in [0.1, 0.15) is 11.3 Å². The average molecular weight is 338 g/mol. The van der Waals surface area contributed by atoms with Crippen LogP contribution in [-0.4, -0.2) is 20.6 Å². The second-order valence-electron chi connectivity index (χ2n) is 5.14. The van der Waals surface area contributed by atoms with Gasteiger partial charge in [-0.2, -0.15) is 5.26 Å². The summed E-state index contributed by atoms with van der Waals surface area (Å²) in [6.45, 7) is 0.514. The van der Waals surface area contributed by atoms with E-state index in [1.807, 2.05) is 34.9 Å². The van der Waals surface area contributed by atoms with Crippen LogP contribution in [0.3, 0.4) is 0 Å². The van der Waals surface area contributed by atoms with Crippen molar-refractivity contribution in [1.82, 2.24) is 9.55 Å². The number of hydrogen-bond acceptors (Lipinski definition) is 3. The Morgan fingerprint density at radius 1 is 1.33 bits per heavy atom. The Morgan fingerprint density at radius 3 is 2.83 bits per heavy atom. The summed E-state index contributed by atoms with van der Waals surface area (Å²) < 4.78 is 1.94. The van der Waals surface area contributed by atoms with Crippen LogP contribution in [0.25, 0.3) is 17.0 Å². The molecule has 24 heavy (non-hydrogen) atoms. The molecule has 1 N–H and O–H groups in total. The minimum atomic E-state index is -1.27. The van der Waals surface area contributed by atoms with Crippen molar-refractivity contribution in [2.24, 2.45) is 0 Å². The molecular formula is C18H12ClN3O2. The van der Waals surface area contributed by atoms with E-state index in [0.29, 0.717) is 22.5 Å². The summed E-state index contributed by atoms with van der Waals surface area (Å²) in [7, 11) is 0. The first-order valence-electron chi connectivity index (χ1n) is 7.12. The van der Waals surface area contributed by atoms with Crippen molar-refractivity contribution in [2.75, 3.05) is 0 Å². The zero-order chi connectivity index (χ0) is 17.1. The molecule has 3 rings (SSSR count). The smallest absolute Gasteiger partial charge is 0.346 e. The zero-order valence-corrected chi connectivity index (χ0v) is 13.2. The van der Waals surface area contributed by atoms with Gasteiger partial charge in [0, 0.05) is 23.3 Å². The number of carboxylic acids is 1. The van der Waals surface area contributed by atoms with Crippen molar-refractivity contribution in [3.63, 3.8) is 0 Å². The van der Waals surface area contributed by atoms with E-state index in [1.165, 1.54) is 6.08 Å². The van der Waals surface area contributed by atoms with Crippen molar-refractivity contribution in [3.05, 3.63) is 70.6 Å². The summed E-state index contributed by atoms with van der Waals surface area (Å²) in [5.74, 6) is -1.27. The summed E-state index contributed by atoms with van der Waals surface area (Å²) in [5, 5.41) is 19.3. The fourth-order valence-corrected chi connectivity index (χ4v) is 2.82. The van der Waals surface area contributed by atoms with Gasteiger partial charge in [0.25, 0.3) is 0 Å². The predicted molar refractivity (Wildman–Crippen MR) is 91.5 cm³/mol. The Morgan fingerprint density at radius 2 is 2.17 bits per heavy atom. The quantitative estimate of drug-likeness (QED) is 0.581. The molecule has 2 aromatic heterocycles. The maximum absolute atomic E-state index is 11.1. The highest BCUT2D eigenvalue weighted by atomic mass is 35.5. The number of carbonyl (C=O) groups is 1. The lowest BCUT2D eigenvalue weighted by Crippen LogP contribution is -1.99. The monoisotopic (exact) mass is 337 g/mol. The van der Waals surface area contributed by atoms with Gasteiger partial charge in [0.1, 0.15) is 11.6 Å². The highest BCUT2D eigenvalue weighted by molar-refractivity contribution is 6.36. The summed E-state index contributed by atoms with van der Waals surface area (Å²) in [6, 6.07) is 12.8. The predicted octanol–water partition coefficient (Wildman–Crippen LogP) is 3.73.